The van der Waals surface area contributed by atoms with E-state index in [1.165, 1.54) is 25.7 Å². The van der Waals surface area contributed by atoms with E-state index in [0.29, 0.717) is 5.82 Å². The maximum Gasteiger partial charge on any atom is 0.156 e. The minimum atomic E-state index is 0.554. The number of hydrogen-bond donors (Lipinski definition) is 1. The minimum absolute atomic E-state index is 0.554. The molecule has 0 aliphatic rings. The molecule has 0 fully saturated rings. The van der Waals surface area contributed by atoms with Gasteiger partial charge in [0.05, 0.1) is 0 Å². The lowest BCUT2D eigenvalue weighted by Gasteiger charge is -2.13. The molecule has 4 heteroatoms. The number of rotatable bonds is 7. The minimum Gasteiger partial charge on any atom is -0.381 e. The highest BCUT2D eigenvalue weighted by molar-refractivity contribution is 7.99. The van der Waals surface area contributed by atoms with Crippen LogP contribution in [-0.4, -0.2) is 15.7 Å². The van der Waals surface area contributed by atoms with Crippen molar-refractivity contribution in [2.75, 3.05) is 11.5 Å². The predicted octanol–water partition coefficient (Wildman–Crippen LogP) is 3.37. The Morgan fingerprint density at radius 1 is 1.31 bits per heavy atom. The molecule has 0 spiro atoms. The van der Waals surface area contributed by atoms with Crippen molar-refractivity contribution in [1.82, 2.24) is 9.97 Å². The molecule has 1 heterocycles. The summed E-state index contributed by atoms with van der Waals surface area (Å²) < 4.78 is 0. The van der Waals surface area contributed by atoms with E-state index in [1.54, 1.807) is 24.2 Å². The lowest BCUT2D eigenvalue weighted by Crippen LogP contribution is -2.03. The summed E-state index contributed by atoms with van der Waals surface area (Å²) in [5, 5.41) is 0.873. The molecule has 0 aliphatic carbocycles. The summed E-state index contributed by atoms with van der Waals surface area (Å²) >= 11 is 1.73. The molecule has 1 aromatic heterocycles. The number of anilines is 1. The van der Waals surface area contributed by atoms with Gasteiger partial charge in [-0.15, -0.1) is 11.8 Å². The van der Waals surface area contributed by atoms with Gasteiger partial charge in [-0.2, -0.15) is 0 Å². The molecule has 1 aromatic rings. The molecule has 0 amide bonds. The van der Waals surface area contributed by atoms with Crippen LogP contribution in [0.25, 0.3) is 0 Å². The smallest absolute Gasteiger partial charge is 0.156 e. The maximum atomic E-state index is 5.75. The second-order valence-corrected chi connectivity index (χ2v) is 4.98. The zero-order chi connectivity index (χ0) is 11.8. The topological polar surface area (TPSA) is 51.8 Å². The van der Waals surface area contributed by atoms with Crippen LogP contribution >= 0.6 is 11.8 Å². The fraction of sp³-hybridized carbons (Fsp3) is 0.667. The third kappa shape index (κ3) is 4.39. The normalized spacial score (nSPS) is 12.6. The number of hydrogen-bond acceptors (Lipinski definition) is 4. The second-order valence-electron chi connectivity index (χ2n) is 3.97. The van der Waals surface area contributed by atoms with E-state index in [0.717, 1.165) is 16.7 Å². The largest absolute Gasteiger partial charge is 0.381 e. The van der Waals surface area contributed by atoms with Gasteiger partial charge in [0.25, 0.3) is 0 Å². The van der Waals surface area contributed by atoms with E-state index in [-0.39, 0.29) is 0 Å². The lowest BCUT2D eigenvalue weighted by molar-refractivity contribution is 0.499. The summed E-state index contributed by atoms with van der Waals surface area (Å²) in [4.78, 5) is 8.28. The Hall–Kier alpha value is -0.770. The molecule has 2 N–H and O–H groups in total. The first kappa shape index (κ1) is 13.3. The van der Waals surface area contributed by atoms with Crippen LogP contribution in [0.3, 0.4) is 0 Å². The van der Waals surface area contributed by atoms with Crippen molar-refractivity contribution in [3.63, 3.8) is 0 Å². The van der Waals surface area contributed by atoms with Crippen LogP contribution in [0.4, 0.5) is 5.82 Å². The van der Waals surface area contributed by atoms with E-state index in [2.05, 4.69) is 23.8 Å². The van der Waals surface area contributed by atoms with Crippen LogP contribution < -0.4 is 5.73 Å². The molecule has 0 radical (unpaired) electrons. The van der Waals surface area contributed by atoms with Crippen molar-refractivity contribution in [2.24, 2.45) is 5.92 Å². The maximum absolute atomic E-state index is 5.75. The number of aromatic nitrogens is 2. The van der Waals surface area contributed by atoms with E-state index in [1.807, 2.05) is 0 Å². The van der Waals surface area contributed by atoms with Crippen molar-refractivity contribution >= 4 is 17.6 Å². The first-order valence-corrected chi connectivity index (χ1v) is 6.95. The first-order valence-electron chi connectivity index (χ1n) is 5.97. The van der Waals surface area contributed by atoms with Crippen LogP contribution in [-0.2, 0) is 0 Å². The zero-order valence-electron chi connectivity index (χ0n) is 10.1. The van der Waals surface area contributed by atoms with Crippen molar-refractivity contribution in [1.29, 1.82) is 0 Å². The average molecular weight is 239 g/mol. The molecule has 0 saturated carbocycles. The zero-order valence-corrected chi connectivity index (χ0v) is 11.0. The van der Waals surface area contributed by atoms with Crippen LogP contribution in [0.1, 0.15) is 39.5 Å². The van der Waals surface area contributed by atoms with Crippen LogP contribution in [0, 0.1) is 5.92 Å². The molecular weight excluding hydrogens is 218 g/mol. The lowest BCUT2D eigenvalue weighted by atomic mass is 10.0. The summed E-state index contributed by atoms with van der Waals surface area (Å²) in [6.45, 7) is 4.49. The summed E-state index contributed by atoms with van der Waals surface area (Å²) in [6, 6.07) is 0. The highest BCUT2D eigenvalue weighted by atomic mass is 32.2. The summed E-state index contributed by atoms with van der Waals surface area (Å²) in [7, 11) is 0. The van der Waals surface area contributed by atoms with Gasteiger partial charge < -0.3 is 5.73 Å². The number of nitrogens with two attached hydrogens (primary N) is 1. The van der Waals surface area contributed by atoms with Crippen LogP contribution in [0.2, 0.25) is 0 Å². The molecule has 1 unspecified atom stereocenters. The predicted molar refractivity (Wildman–Crippen MR) is 70.5 cm³/mol. The molecule has 1 rings (SSSR count). The Labute approximate surface area is 102 Å². The van der Waals surface area contributed by atoms with Crippen molar-refractivity contribution in [2.45, 2.75) is 44.6 Å². The summed E-state index contributed by atoms with van der Waals surface area (Å²) in [5.41, 5.74) is 5.75. The van der Waals surface area contributed by atoms with E-state index in [4.69, 9.17) is 5.73 Å². The summed E-state index contributed by atoms with van der Waals surface area (Å²) in [5.74, 6) is 2.42. The van der Waals surface area contributed by atoms with Crippen molar-refractivity contribution in [3.8, 4) is 0 Å². The molecule has 16 heavy (non-hydrogen) atoms. The van der Waals surface area contributed by atoms with Gasteiger partial charge in [0.1, 0.15) is 5.03 Å². The molecule has 0 aromatic carbocycles. The van der Waals surface area contributed by atoms with Crippen molar-refractivity contribution in [3.05, 3.63) is 12.4 Å². The van der Waals surface area contributed by atoms with Gasteiger partial charge in [-0.1, -0.05) is 33.1 Å². The SMILES string of the molecule is CCCCC(CC)CSc1nccnc1N. The number of thioether (sulfide) groups is 1. The molecule has 3 nitrogen and oxygen atoms in total. The second kappa shape index (κ2) is 7.49. The average Bonchev–Trinajstić information content (AvgIpc) is 2.31. The standard InChI is InChI=1S/C12H21N3S/c1-3-5-6-10(4-2)9-16-12-11(13)14-7-8-15-12/h7-8,10H,3-6,9H2,1-2H3,(H2,13,14). The van der Waals surface area contributed by atoms with Gasteiger partial charge >= 0.3 is 0 Å². The number of nitrogens with zero attached hydrogens (tertiary/aromatic N) is 2. The van der Waals surface area contributed by atoms with Crippen LogP contribution in [0.5, 0.6) is 0 Å². The van der Waals surface area contributed by atoms with Gasteiger partial charge in [0.15, 0.2) is 5.82 Å². The Morgan fingerprint density at radius 3 is 2.69 bits per heavy atom. The van der Waals surface area contributed by atoms with Gasteiger partial charge in [-0.05, 0) is 12.3 Å². The first-order chi connectivity index (χ1) is 7.77. The van der Waals surface area contributed by atoms with Gasteiger partial charge in [-0.3, -0.25) is 0 Å². The molecular formula is C12H21N3S. The Bertz CT molecular complexity index is 304. The molecule has 0 bridgehead atoms. The Kier molecular flexibility index (Phi) is 6.23. The molecule has 0 aliphatic heterocycles. The quantitative estimate of drug-likeness (QED) is 0.741. The third-order valence-electron chi connectivity index (χ3n) is 2.69. The van der Waals surface area contributed by atoms with E-state index < -0.39 is 0 Å². The highest BCUT2D eigenvalue weighted by Crippen LogP contribution is 2.25. The fourth-order valence-electron chi connectivity index (χ4n) is 1.54. The Balaban J connectivity index is 2.40. The number of unbranched alkanes of at least 4 members (excludes halogenated alkanes) is 1. The van der Waals surface area contributed by atoms with Gasteiger partial charge in [0, 0.05) is 18.1 Å². The monoisotopic (exact) mass is 239 g/mol. The molecule has 1 atom stereocenters. The third-order valence-corrected chi connectivity index (χ3v) is 3.92. The van der Waals surface area contributed by atoms with E-state index in [9.17, 15) is 0 Å². The number of nitrogen functional groups attached to an aromatic ring is 1. The van der Waals surface area contributed by atoms with E-state index >= 15 is 0 Å². The Morgan fingerprint density at radius 2 is 2.06 bits per heavy atom. The van der Waals surface area contributed by atoms with Gasteiger partial charge in [-0.25, -0.2) is 9.97 Å². The van der Waals surface area contributed by atoms with Gasteiger partial charge in [0.2, 0.25) is 0 Å². The molecule has 90 valence electrons. The highest BCUT2D eigenvalue weighted by Gasteiger charge is 2.09. The summed E-state index contributed by atoms with van der Waals surface area (Å²) in [6.07, 6.45) is 8.45. The fourth-order valence-corrected chi connectivity index (χ4v) is 2.67. The molecule has 0 saturated heterocycles. The van der Waals surface area contributed by atoms with Crippen molar-refractivity contribution < 1.29 is 0 Å². The van der Waals surface area contributed by atoms with Crippen LogP contribution in [0.15, 0.2) is 17.4 Å².